The maximum Gasteiger partial charge on any atom is 0.146 e. The second-order valence-corrected chi connectivity index (χ2v) is 6.58. The van der Waals surface area contributed by atoms with Crippen LogP contribution in [-0.2, 0) is 11.2 Å². The Labute approximate surface area is 127 Å². The summed E-state index contributed by atoms with van der Waals surface area (Å²) in [5, 5.41) is 0.585. The Hall–Kier alpha value is 0.0600. The second-order valence-electron chi connectivity index (χ2n) is 5.15. The Kier molecular flexibility index (Phi) is 5.21. The van der Waals surface area contributed by atoms with Crippen molar-refractivity contribution in [2.45, 2.75) is 39.0 Å². The Morgan fingerprint density at radius 1 is 1.44 bits per heavy atom. The molecule has 0 aromatic carbocycles. The molecule has 1 fully saturated rings. The van der Waals surface area contributed by atoms with E-state index < -0.39 is 0 Å². The third-order valence-electron chi connectivity index (χ3n) is 3.02. The van der Waals surface area contributed by atoms with Crippen molar-refractivity contribution in [3.05, 3.63) is 20.2 Å². The monoisotopic (exact) mass is 380 g/mol. The summed E-state index contributed by atoms with van der Waals surface area (Å²) in [5.41, 5.74) is 1.08. The molecule has 0 N–H and O–H groups in total. The highest BCUT2D eigenvalue weighted by atomic mass is 127. The van der Waals surface area contributed by atoms with Crippen molar-refractivity contribution in [1.82, 2.24) is 9.97 Å². The summed E-state index contributed by atoms with van der Waals surface area (Å²) in [7, 11) is 0. The van der Waals surface area contributed by atoms with Gasteiger partial charge in [0.15, 0.2) is 0 Å². The molecule has 1 aromatic heterocycles. The van der Waals surface area contributed by atoms with Gasteiger partial charge in [0.05, 0.1) is 15.9 Å². The largest absolute Gasteiger partial charge is 0.381 e. The number of hydrogen-bond donors (Lipinski definition) is 0. The Bertz CT molecular complexity index is 420. The van der Waals surface area contributed by atoms with E-state index in [9.17, 15) is 0 Å². The molecular formula is C13H18ClIN2O. The molecular weight excluding hydrogens is 363 g/mol. The summed E-state index contributed by atoms with van der Waals surface area (Å²) in [6.45, 7) is 5.95. The SMILES string of the molecule is CC(C)Cc1nc(C2CCCOC2)nc(Cl)c1I. The van der Waals surface area contributed by atoms with Gasteiger partial charge in [-0.3, -0.25) is 0 Å². The van der Waals surface area contributed by atoms with E-state index >= 15 is 0 Å². The van der Waals surface area contributed by atoms with Gasteiger partial charge < -0.3 is 4.74 Å². The lowest BCUT2D eigenvalue weighted by molar-refractivity contribution is 0.0779. The zero-order valence-corrected chi connectivity index (χ0v) is 13.7. The number of nitrogens with zero attached hydrogens (tertiary/aromatic N) is 2. The maximum absolute atomic E-state index is 6.22. The van der Waals surface area contributed by atoms with Crippen LogP contribution in [0.5, 0.6) is 0 Å². The quantitative estimate of drug-likeness (QED) is 0.590. The molecule has 1 aromatic rings. The molecule has 3 nitrogen and oxygen atoms in total. The Morgan fingerprint density at radius 3 is 2.83 bits per heavy atom. The van der Waals surface area contributed by atoms with Crippen LogP contribution in [0.1, 0.15) is 44.1 Å². The molecule has 100 valence electrons. The molecule has 1 saturated heterocycles. The Morgan fingerprint density at radius 2 is 2.22 bits per heavy atom. The highest BCUT2D eigenvalue weighted by Gasteiger charge is 2.21. The summed E-state index contributed by atoms with van der Waals surface area (Å²) >= 11 is 8.46. The lowest BCUT2D eigenvalue weighted by atomic mass is 10.0. The summed E-state index contributed by atoms with van der Waals surface area (Å²) < 4.78 is 6.49. The molecule has 2 rings (SSSR count). The minimum Gasteiger partial charge on any atom is -0.381 e. The fourth-order valence-corrected chi connectivity index (χ4v) is 2.79. The van der Waals surface area contributed by atoms with Crippen LogP contribution < -0.4 is 0 Å². The van der Waals surface area contributed by atoms with E-state index in [4.69, 9.17) is 21.3 Å². The van der Waals surface area contributed by atoms with E-state index in [0.29, 0.717) is 17.0 Å². The minimum atomic E-state index is 0.305. The number of ether oxygens (including phenoxy) is 1. The number of hydrogen-bond acceptors (Lipinski definition) is 3. The number of aromatic nitrogens is 2. The highest BCUT2D eigenvalue weighted by molar-refractivity contribution is 14.1. The van der Waals surface area contributed by atoms with Gasteiger partial charge in [0.1, 0.15) is 11.0 Å². The first-order valence-corrected chi connectivity index (χ1v) is 7.83. The molecule has 1 aliphatic rings. The van der Waals surface area contributed by atoms with Crippen LogP contribution in [0, 0.1) is 9.49 Å². The van der Waals surface area contributed by atoms with Crippen LogP contribution in [0.3, 0.4) is 0 Å². The second kappa shape index (κ2) is 6.48. The van der Waals surface area contributed by atoms with Crippen LogP contribution in [0.2, 0.25) is 5.15 Å². The van der Waals surface area contributed by atoms with Crippen molar-refractivity contribution in [2.75, 3.05) is 13.2 Å². The average Bonchev–Trinajstić information content (AvgIpc) is 2.35. The van der Waals surface area contributed by atoms with Crippen LogP contribution in [0.25, 0.3) is 0 Å². The molecule has 2 heterocycles. The molecule has 1 unspecified atom stereocenters. The third kappa shape index (κ3) is 3.54. The third-order valence-corrected chi connectivity index (χ3v) is 4.75. The van der Waals surface area contributed by atoms with Crippen LogP contribution in [0.15, 0.2) is 0 Å². The van der Waals surface area contributed by atoms with Gasteiger partial charge in [-0.05, 0) is 47.8 Å². The van der Waals surface area contributed by atoms with Crippen molar-refractivity contribution >= 4 is 34.2 Å². The molecule has 0 amide bonds. The van der Waals surface area contributed by atoms with Crippen LogP contribution >= 0.6 is 34.2 Å². The summed E-state index contributed by atoms with van der Waals surface area (Å²) in [4.78, 5) is 9.15. The van der Waals surface area contributed by atoms with Crippen molar-refractivity contribution < 1.29 is 4.74 Å². The molecule has 0 bridgehead atoms. The summed E-state index contributed by atoms with van der Waals surface area (Å²) in [5.74, 6) is 1.73. The van der Waals surface area contributed by atoms with Crippen molar-refractivity contribution in [3.63, 3.8) is 0 Å². The normalized spacial score (nSPS) is 20.4. The van der Waals surface area contributed by atoms with Gasteiger partial charge in [-0.15, -0.1) is 0 Å². The van der Waals surface area contributed by atoms with Gasteiger partial charge in [0, 0.05) is 12.5 Å². The van der Waals surface area contributed by atoms with E-state index in [1.54, 1.807) is 0 Å². The van der Waals surface area contributed by atoms with E-state index in [0.717, 1.165) is 47.6 Å². The fraction of sp³-hybridized carbons (Fsp3) is 0.692. The van der Waals surface area contributed by atoms with E-state index in [-0.39, 0.29) is 0 Å². The Balaban J connectivity index is 2.27. The maximum atomic E-state index is 6.22. The van der Waals surface area contributed by atoms with Gasteiger partial charge in [-0.1, -0.05) is 25.4 Å². The molecule has 0 aliphatic carbocycles. The first kappa shape index (κ1) is 14.5. The fourth-order valence-electron chi connectivity index (χ4n) is 2.13. The van der Waals surface area contributed by atoms with Crippen LogP contribution in [0.4, 0.5) is 0 Å². The topological polar surface area (TPSA) is 35.0 Å². The van der Waals surface area contributed by atoms with Gasteiger partial charge in [0.25, 0.3) is 0 Å². The summed E-state index contributed by atoms with van der Waals surface area (Å²) in [6.07, 6.45) is 3.12. The molecule has 1 aliphatic heterocycles. The first-order valence-electron chi connectivity index (χ1n) is 6.37. The number of rotatable bonds is 3. The molecule has 18 heavy (non-hydrogen) atoms. The molecule has 1 atom stereocenters. The average molecular weight is 381 g/mol. The predicted octanol–water partition coefficient (Wildman–Crippen LogP) is 3.83. The van der Waals surface area contributed by atoms with Crippen molar-refractivity contribution in [2.24, 2.45) is 5.92 Å². The van der Waals surface area contributed by atoms with E-state index in [1.807, 2.05) is 0 Å². The number of halogens is 2. The first-order chi connectivity index (χ1) is 8.58. The molecule has 5 heteroatoms. The molecule has 0 spiro atoms. The highest BCUT2D eigenvalue weighted by Crippen LogP contribution is 2.27. The van der Waals surface area contributed by atoms with E-state index in [1.165, 1.54) is 0 Å². The molecule has 0 saturated carbocycles. The zero-order valence-electron chi connectivity index (χ0n) is 10.7. The minimum absolute atomic E-state index is 0.305. The van der Waals surface area contributed by atoms with Gasteiger partial charge in [-0.25, -0.2) is 9.97 Å². The van der Waals surface area contributed by atoms with Crippen molar-refractivity contribution in [1.29, 1.82) is 0 Å². The molecule has 0 radical (unpaired) electrons. The summed E-state index contributed by atoms with van der Waals surface area (Å²) in [6, 6.07) is 0. The lowest BCUT2D eigenvalue weighted by Gasteiger charge is -2.22. The predicted molar refractivity (Wildman–Crippen MR) is 81.1 cm³/mol. The standard InChI is InChI=1S/C13H18ClIN2O/c1-8(2)6-10-11(15)12(14)17-13(16-10)9-4-3-5-18-7-9/h8-9H,3-7H2,1-2H3. The van der Waals surface area contributed by atoms with E-state index in [2.05, 4.69) is 41.4 Å². The lowest BCUT2D eigenvalue weighted by Crippen LogP contribution is -2.19. The van der Waals surface area contributed by atoms with Gasteiger partial charge in [-0.2, -0.15) is 0 Å². The van der Waals surface area contributed by atoms with Crippen LogP contribution in [-0.4, -0.2) is 23.2 Å². The van der Waals surface area contributed by atoms with Gasteiger partial charge >= 0.3 is 0 Å². The van der Waals surface area contributed by atoms with Crippen molar-refractivity contribution in [3.8, 4) is 0 Å². The smallest absolute Gasteiger partial charge is 0.146 e. The van der Waals surface area contributed by atoms with Gasteiger partial charge in [0.2, 0.25) is 0 Å². The zero-order chi connectivity index (χ0) is 13.1.